The molecule has 2 aromatic carbocycles. The fraction of sp³-hybridized carbons (Fsp3) is 0.125. The summed E-state index contributed by atoms with van der Waals surface area (Å²) in [6.45, 7) is -0.0840. The van der Waals surface area contributed by atoms with E-state index in [1.807, 2.05) is 0 Å². The Morgan fingerprint density at radius 1 is 1.08 bits per heavy atom. The van der Waals surface area contributed by atoms with Crippen LogP contribution >= 0.6 is 23.2 Å². The van der Waals surface area contributed by atoms with E-state index in [1.54, 1.807) is 36.4 Å². The summed E-state index contributed by atoms with van der Waals surface area (Å²) in [6.07, 6.45) is 0. The summed E-state index contributed by atoms with van der Waals surface area (Å²) in [7, 11) is 0. The largest absolute Gasteiger partial charge is 0.454 e. The lowest BCUT2D eigenvalue weighted by Gasteiger charge is -2.09. The van der Waals surface area contributed by atoms with Gasteiger partial charge in [-0.1, -0.05) is 29.3 Å². The van der Waals surface area contributed by atoms with Gasteiger partial charge < -0.3 is 20.1 Å². The van der Waals surface area contributed by atoms with Crippen molar-refractivity contribution >= 4 is 40.7 Å². The van der Waals surface area contributed by atoms with Crippen LogP contribution in [0.25, 0.3) is 0 Å². The number of carbonyl (C=O) groups is 2. The number of fused-ring (bicyclic) bond motifs is 1. The molecule has 1 heterocycles. The van der Waals surface area contributed by atoms with Crippen molar-refractivity contribution in [3.63, 3.8) is 0 Å². The van der Waals surface area contributed by atoms with E-state index >= 15 is 0 Å². The Morgan fingerprint density at radius 2 is 1.88 bits per heavy atom. The van der Waals surface area contributed by atoms with Crippen LogP contribution in [0, 0.1) is 0 Å². The van der Waals surface area contributed by atoms with Crippen molar-refractivity contribution in [2.45, 2.75) is 0 Å². The van der Waals surface area contributed by atoms with Crippen LogP contribution in [0.4, 0.5) is 5.69 Å². The number of rotatable bonds is 4. The van der Waals surface area contributed by atoms with Crippen LogP contribution in [0.5, 0.6) is 11.5 Å². The minimum atomic E-state index is -0.423. The van der Waals surface area contributed by atoms with Gasteiger partial charge in [-0.15, -0.1) is 0 Å². The van der Waals surface area contributed by atoms with Crippen LogP contribution in [0.15, 0.2) is 36.4 Å². The zero-order chi connectivity index (χ0) is 17.1. The maximum Gasteiger partial charge on any atom is 0.251 e. The molecular formula is C16H12Cl2N2O4. The lowest BCUT2D eigenvalue weighted by Crippen LogP contribution is -2.32. The van der Waals surface area contributed by atoms with Crippen LogP contribution in [0.3, 0.4) is 0 Å². The Morgan fingerprint density at radius 3 is 2.71 bits per heavy atom. The average molecular weight is 367 g/mol. The highest BCUT2D eigenvalue weighted by atomic mass is 35.5. The number of anilines is 1. The maximum absolute atomic E-state index is 12.1. The molecule has 0 aromatic heterocycles. The zero-order valence-corrected chi connectivity index (χ0v) is 13.8. The van der Waals surface area contributed by atoms with E-state index in [2.05, 4.69) is 10.6 Å². The van der Waals surface area contributed by atoms with Crippen LogP contribution in [-0.2, 0) is 4.79 Å². The molecular weight excluding hydrogens is 355 g/mol. The molecule has 2 amide bonds. The fourth-order valence-electron chi connectivity index (χ4n) is 2.10. The first-order valence-corrected chi connectivity index (χ1v) is 7.72. The Kier molecular flexibility index (Phi) is 4.78. The highest BCUT2D eigenvalue weighted by Gasteiger charge is 2.17. The van der Waals surface area contributed by atoms with E-state index in [9.17, 15) is 9.59 Å². The molecule has 0 unspecified atom stereocenters. The Bertz CT molecular complexity index is 811. The van der Waals surface area contributed by atoms with Gasteiger partial charge in [0.2, 0.25) is 12.7 Å². The molecule has 1 aliphatic rings. The highest BCUT2D eigenvalue weighted by Crippen LogP contribution is 2.32. The smallest absolute Gasteiger partial charge is 0.251 e. The standard InChI is InChI=1S/C16H12Cl2N2O4/c17-10-2-1-3-11(15(10)18)20-14(21)7-19-16(22)9-4-5-12-13(6-9)24-8-23-12/h1-6H,7-8H2,(H,19,22)(H,20,21). The van der Waals surface area contributed by atoms with Gasteiger partial charge in [0, 0.05) is 5.56 Å². The first-order valence-electron chi connectivity index (χ1n) is 6.96. The molecule has 124 valence electrons. The molecule has 0 saturated heterocycles. The minimum Gasteiger partial charge on any atom is -0.454 e. The summed E-state index contributed by atoms with van der Waals surface area (Å²) in [5.74, 6) is 0.256. The van der Waals surface area contributed by atoms with Crippen molar-refractivity contribution < 1.29 is 19.1 Å². The summed E-state index contributed by atoms with van der Waals surface area (Å²) in [6, 6.07) is 9.68. The summed E-state index contributed by atoms with van der Waals surface area (Å²) in [5.41, 5.74) is 0.749. The van der Waals surface area contributed by atoms with Gasteiger partial charge in [-0.25, -0.2) is 0 Å². The summed E-state index contributed by atoms with van der Waals surface area (Å²) in [4.78, 5) is 24.0. The Hall–Kier alpha value is -2.44. The van der Waals surface area contributed by atoms with Gasteiger partial charge in [-0.05, 0) is 30.3 Å². The summed E-state index contributed by atoms with van der Waals surface area (Å²) >= 11 is 11.9. The van der Waals surface area contributed by atoms with Crippen molar-refractivity contribution in [3.8, 4) is 11.5 Å². The number of amides is 2. The van der Waals surface area contributed by atoms with E-state index in [-0.39, 0.29) is 18.4 Å². The van der Waals surface area contributed by atoms with Gasteiger partial charge in [0.15, 0.2) is 11.5 Å². The highest BCUT2D eigenvalue weighted by molar-refractivity contribution is 6.44. The molecule has 0 spiro atoms. The molecule has 0 fully saturated rings. The van der Waals surface area contributed by atoms with Crippen molar-refractivity contribution in [2.24, 2.45) is 0 Å². The number of ether oxygens (including phenoxy) is 2. The van der Waals surface area contributed by atoms with Crippen LogP contribution in [0.1, 0.15) is 10.4 Å². The monoisotopic (exact) mass is 366 g/mol. The van der Waals surface area contributed by atoms with Gasteiger partial charge in [0.25, 0.3) is 5.91 Å². The van der Waals surface area contributed by atoms with E-state index in [0.717, 1.165) is 0 Å². The lowest BCUT2D eigenvalue weighted by atomic mass is 10.2. The second kappa shape index (κ2) is 6.98. The molecule has 0 radical (unpaired) electrons. The van der Waals surface area contributed by atoms with E-state index < -0.39 is 11.8 Å². The summed E-state index contributed by atoms with van der Waals surface area (Å²) in [5, 5.41) is 5.68. The number of carbonyl (C=O) groups excluding carboxylic acids is 2. The molecule has 0 atom stereocenters. The van der Waals surface area contributed by atoms with Crippen molar-refractivity contribution in [1.29, 1.82) is 0 Å². The van der Waals surface area contributed by atoms with Gasteiger partial charge in [-0.2, -0.15) is 0 Å². The first kappa shape index (κ1) is 16.4. The SMILES string of the molecule is O=C(CNC(=O)c1ccc2c(c1)OCO2)Nc1cccc(Cl)c1Cl. The van der Waals surface area contributed by atoms with Gasteiger partial charge >= 0.3 is 0 Å². The molecule has 24 heavy (non-hydrogen) atoms. The zero-order valence-electron chi connectivity index (χ0n) is 12.3. The predicted molar refractivity (Wildman–Crippen MR) is 90.0 cm³/mol. The molecule has 2 aromatic rings. The number of hydrogen-bond acceptors (Lipinski definition) is 4. The number of hydrogen-bond donors (Lipinski definition) is 2. The molecule has 0 bridgehead atoms. The third kappa shape index (κ3) is 3.55. The van der Waals surface area contributed by atoms with E-state index in [4.69, 9.17) is 32.7 Å². The third-order valence-electron chi connectivity index (χ3n) is 3.27. The van der Waals surface area contributed by atoms with E-state index in [1.165, 1.54) is 0 Å². The van der Waals surface area contributed by atoms with Crippen LogP contribution in [0.2, 0.25) is 10.0 Å². The van der Waals surface area contributed by atoms with E-state index in [0.29, 0.717) is 27.8 Å². The molecule has 3 rings (SSSR count). The summed E-state index contributed by atoms with van der Waals surface area (Å²) < 4.78 is 10.4. The molecule has 0 saturated carbocycles. The minimum absolute atomic E-state index is 0.128. The van der Waals surface area contributed by atoms with Crippen molar-refractivity contribution in [2.75, 3.05) is 18.7 Å². The molecule has 2 N–H and O–H groups in total. The van der Waals surface area contributed by atoms with Crippen LogP contribution < -0.4 is 20.1 Å². The van der Waals surface area contributed by atoms with Crippen LogP contribution in [-0.4, -0.2) is 25.2 Å². The fourth-order valence-corrected chi connectivity index (χ4v) is 2.44. The predicted octanol–water partition coefficient (Wildman–Crippen LogP) is 3.09. The van der Waals surface area contributed by atoms with Gasteiger partial charge in [0.1, 0.15) is 0 Å². The third-order valence-corrected chi connectivity index (χ3v) is 4.09. The first-order chi connectivity index (χ1) is 11.5. The molecule has 8 heteroatoms. The number of nitrogens with one attached hydrogen (secondary N) is 2. The average Bonchev–Trinajstić information content (AvgIpc) is 3.04. The lowest BCUT2D eigenvalue weighted by molar-refractivity contribution is -0.115. The maximum atomic E-state index is 12.1. The topological polar surface area (TPSA) is 76.7 Å². The molecule has 6 nitrogen and oxygen atoms in total. The Labute approximate surface area is 147 Å². The Balaban J connectivity index is 1.58. The quantitative estimate of drug-likeness (QED) is 0.871. The van der Waals surface area contributed by atoms with Gasteiger partial charge in [-0.3, -0.25) is 9.59 Å². The van der Waals surface area contributed by atoms with Gasteiger partial charge in [0.05, 0.1) is 22.3 Å². The number of benzene rings is 2. The second-order valence-electron chi connectivity index (χ2n) is 4.90. The molecule has 0 aliphatic carbocycles. The van der Waals surface area contributed by atoms with Crippen molar-refractivity contribution in [3.05, 3.63) is 52.0 Å². The number of halogens is 2. The second-order valence-corrected chi connectivity index (χ2v) is 5.69. The van der Waals surface area contributed by atoms with Crippen molar-refractivity contribution in [1.82, 2.24) is 5.32 Å². The normalized spacial score (nSPS) is 11.9. The molecule has 1 aliphatic heterocycles.